The Kier molecular flexibility index (Phi) is 19.3. The van der Waals surface area contributed by atoms with Gasteiger partial charge in [0.05, 0.1) is 13.2 Å². The molecule has 0 bridgehead atoms. The molecule has 0 heterocycles. The van der Waals surface area contributed by atoms with E-state index < -0.39 is 0 Å². The third-order valence-corrected chi connectivity index (χ3v) is 5.04. The van der Waals surface area contributed by atoms with Crippen LogP contribution in [0, 0.1) is 0 Å². The Labute approximate surface area is 156 Å². The Hall–Kier alpha value is -0.570. The second-order valence-electron chi connectivity index (χ2n) is 7.51. The number of carbonyl (C=O) groups is 1. The first-order chi connectivity index (χ1) is 12.2. The molecule has 0 aromatic carbocycles. The van der Waals surface area contributed by atoms with E-state index in [0.29, 0.717) is 6.42 Å². The first-order valence-corrected chi connectivity index (χ1v) is 11.0. The molecule has 3 nitrogen and oxygen atoms in total. The molecule has 25 heavy (non-hydrogen) atoms. The predicted molar refractivity (Wildman–Crippen MR) is 107 cm³/mol. The van der Waals surface area contributed by atoms with E-state index in [1.165, 1.54) is 84.2 Å². The van der Waals surface area contributed by atoms with Crippen molar-refractivity contribution in [2.24, 2.45) is 0 Å². The highest BCUT2D eigenvalue weighted by Crippen LogP contribution is 2.15. The largest absolute Gasteiger partial charge is 0.469 e. The van der Waals surface area contributed by atoms with Crippen LogP contribution in [0.25, 0.3) is 0 Å². The zero-order valence-corrected chi connectivity index (χ0v) is 17.1. The van der Waals surface area contributed by atoms with Gasteiger partial charge in [-0.2, -0.15) is 0 Å². The number of hydrogen-bond acceptors (Lipinski definition) is 3. The molecule has 0 amide bonds. The lowest BCUT2D eigenvalue weighted by Gasteiger charge is -2.10. The van der Waals surface area contributed by atoms with Gasteiger partial charge in [-0.05, 0) is 19.3 Å². The summed E-state index contributed by atoms with van der Waals surface area (Å²) in [7, 11) is 1.42. The molecule has 0 aliphatic carbocycles. The molecule has 1 N–H and O–H groups in total. The number of hydrogen-bond donors (Lipinski definition) is 1. The number of methoxy groups -OCH3 is 1. The quantitative estimate of drug-likeness (QED) is 0.210. The summed E-state index contributed by atoms with van der Waals surface area (Å²) in [5, 5.41) is 9.93. The Bertz CT molecular complexity index is 278. The van der Waals surface area contributed by atoms with Crippen molar-refractivity contribution in [2.75, 3.05) is 7.11 Å². The second-order valence-corrected chi connectivity index (χ2v) is 7.51. The minimum absolute atomic E-state index is 0.147. The molecule has 0 aliphatic rings. The molecule has 0 aliphatic heterocycles. The first-order valence-electron chi connectivity index (χ1n) is 11.0. The van der Waals surface area contributed by atoms with Crippen LogP contribution in [0.1, 0.15) is 122 Å². The highest BCUT2D eigenvalue weighted by atomic mass is 16.5. The third kappa shape index (κ3) is 19.6. The van der Waals surface area contributed by atoms with Gasteiger partial charge in [0, 0.05) is 6.42 Å². The number of ether oxygens (including phenoxy) is 1. The number of esters is 1. The van der Waals surface area contributed by atoms with Gasteiger partial charge in [-0.3, -0.25) is 4.79 Å². The standard InChI is InChI=1S/C22H44O3/c1-3-4-5-6-7-8-9-10-11-12-13-14-15-18-21(23)19-16-17-20-22(24)25-2/h21,23H,3-20H2,1-2H3. The average molecular weight is 357 g/mol. The van der Waals surface area contributed by atoms with Crippen LogP contribution >= 0.6 is 0 Å². The van der Waals surface area contributed by atoms with Crippen LogP contribution in [0.4, 0.5) is 0 Å². The summed E-state index contributed by atoms with van der Waals surface area (Å²) >= 11 is 0. The van der Waals surface area contributed by atoms with Gasteiger partial charge in [0.25, 0.3) is 0 Å². The van der Waals surface area contributed by atoms with Gasteiger partial charge in [-0.1, -0.05) is 96.8 Å². The van der Waals surface area contributed by atoms with Crippen molar-refractivity contribution in [3.05, 3.63) is 0 Å². The van der Waals surface area contributed by atoms with Crippen molar-refractivity contribution in [3.63, 3.8) is 0 Å². The fraction of sp³-hybridized carbons (Fsp3) is 0.955. The highest BCUT2D eigenvalue weighted by Gasteiger charge is 2.05. The summed E-state index contributed by atoms with van der Waals surface area (Å²) in [6.07, 6.45) is 21.4. The lowest BCUT2D eigenvalue weighted by Crippen LogP contribution is -2.07. The molecule has 0 aromatic heterocycles. The molecule has 0 saturated heterocycles. The Morgan fingerprint density at radius 2 is 1.12 bits per heavy atom. The maximum Gasteiger partial charge on any atom is 0.305 e. The lowest BCUT2D eigenvalue weighted by molar-refractivity contribution is -0.140. The summed E-state index contributed by atoms with van der Waals surface area (Å²) in [4.78, 5) is 11.0. The fourth-order valence-corrected chi connectivity index (χ4v) is 3.29. The van der Waals surface area contributed by atoms with Crippen LogP contribution in [0.5, 0.6) is 0 Å². The highest BCUT2D eigenvalue weighted by molar-refractivity contribution is 5.68. The van der Waals surface area contributed by atoms with Crippen molar-refractivity contribution in [1.82, 2.24) is 0 Å². The smallest absolute Gasteiger partial charge is 0.305 e. The van der Waals surface area contributed by atoms with Crippen LogP contribution in [0.3, 0.4) is 0 Å². The van der Waals surface area contributed by atoms with Gasteiger partial charge in [0.2, 0.25) is 0 Å². The van der Waals surface area contributed by atoms with E-state index in [0.717, 1.165) is 32.1 Å². The number of aliphatic hydroxyl groups is 1. The Morgan fingerprint density at radius 1 is 0.720 bits per heavy atom. The van der Waals surface area contributed by atoms with Crippen molar-refractivity contribution < 1.29 is 14.6 Å². The molecule has 150 valence electrons. The lowest BCUT2D eigenvalue weighted by atomic mass is 10.0. The maximum absolute atomic E-state index is 11.0. The first kappa shape index (κ1) is 24.4. The van der Waals surface area contributed by atoms with E-state index in [4.69, 9.17) is 0 Å². The zero-order valence-electron chi connectivity index (χ0n) is 17.1. The van der Waals surface area contributed by atoms with E-state index in [2.05, 4.69) is 11.7 Å². The molecule has 0 aromatic rings. The molecule has 1 unspecified atom stereocenters. The second kappa shape index (κ2) is 19.8. The van der Waals surface area contributed by atoms with Gasteiger partial charge >= 0.3 is 5.97 Å². The molecule has 1 atom stereocenters. The number of carbonyl (C=O) groups excluding carboxylic acids is 1. The van der Waals surface area contributed by atoms with E-state index in [1.54, 1.807) is 0 Å². The van der Waals surface area contributed by atoms with E-state index in [1.807, 2.05) is 0 Å². The normalized spacial score (nSPS) is 12.3. The Morgan fingerprint density at radius 3 is 1.56 bits per heavy atom. The molecule has 0 spiro atoms. The van der Waals surface area contributed by atoms with Crippen LogP contribution < -0.4 is 0 Å². The monoisotopic (exact) mass is 356 g/mol. The minimum atomic E-state index is -0.189. The molecular weight excluding hydrogens is 312 g/mol. The van der Waals surface area contributed by atoms with Crippen LogP contribution in [0.15, 0.2) is 0 Å². The van der Waals surface area contributed by atoms with Crippen LogP contribution in [-0.4, -0.2) is 24.3 Å². The van der Waals surface area contributed by atoms with Crippen LogP contribution in [0.2, 0.25) is 0 Å². The van der Waals surface area contributed by atoms with E-state index >= 15 is 0 Å². The van der Waals surface area contributed by atoms with E-state index in [-0.39, 0.29) is 12.1 Å². The van der Waals surface area contributed by atoms with Gasteiger partial charge in [0.15, 0.2) is 0 Å². The molecule has 0 fully saturated rings. The summed E-state index contributed by atoms with van der Waals surface area (Å²) in [5.41, 5.74) is 0. The van der Waals surface area contributed by atoms with Crippen molar-refractivity contribution in [1.29, 1.82) is 0 Å². The Balaban J connectivity index is 3.15. The van der Waals surface area contributed by atoms with Crippen molar-refractivity contribution in [3.8, 4) is 0 Å². The van der Waals surface area contributed by atoms with Crippen molar-refractivity contribution in [2.45, 2.75) is 129 Å². The maximum atomic E-state index is 11.0. The summed E-state index contributed by atoms with van der Waals surface area (Å²) in [6.45, 7) is 2.27. The summed E-state index contributed by atoms with van der Waals surface area (Å²) < 4.78 is 4.61. The summed E-state index contributed by atoms with van der Waals surface area (Å²) in [6, 6.07) is 0. The number of rotatable bonds is 19. The predicted octanol–water partition coefficient (Wildman–Crippen LogP) is 6.56. The number of unbranched alkanes of at least 4 members (excludes halogenated alkanes) is 13. The van der Waals surface area contributed by atoms with Gasteiger partial charge < -0.3 is 9.84 Å². The molecule has 0 radical (unpaired) electrons. The third-order valence-electron chi connectivity index (χ3n) is 5.04. The average Bonchev–Trinajstić information content (AvgIpc) is 2.62. The van der Waals surface area contributed by atoms with Crippen LogP contribution in [-0.2, 0) is 9.53 Å². The zero-order chi connectivity index (χ0) is 18.6. The topological polar surface area (TPSA) is 46.5 Å². The minimum Gasteiger partial charge on any atom is -0.469 e. The van der Waals surface area contributed by atoms with Gasteiger partial charge in [-0.15, -0.1) is 0 Å². The number of aliphatic hydroxyl groups excluding tert-OH is 1. The SMILES string of the molecule is CCCCCCCCCCCCCCCC(O)CCCCC(=O)OC. The van der Waals surface area contributed by atoms with E-state index in [9.17, 15) is 9.90 Å². The molecule has 0 saturated carbocycles. The fourth-order valence-electron chi connectivity index (χ4n) is 3.29. The summed E-state index contributed by atoms with van der Waals surface area (Å²) in [5.74, 6) is -0.147. The molecular formula is C22H44O3. The van der Waals surface area contributed by atoms with Gasteiger partial charge in [0.1, 0.15) is 0 Å². The van der Waals surface area contributed by atoms with Gasteiger partial charge in [-0.25, -0.2) is 0 Å². The molecule has 3 heteroatoms. The molecule has 0 rings (SSSR count). The van der Waals surface area contributed by atoms with Crippen molar-refractivity contribution >= 4 is 5.97 Å².